The summed E-state index contributed by atoms with van der Waals surface area (Å²) in [4.78, 5) is 18.3. The first-order valence-electron chi connectivity index (χ1n) is 12.6. The highest BCUT2D eigenvalue weighted by Gasteiger charge is 2.21. The van der Waals surface area contributed by atoms with E-state index in [-0.39, 0.29) is 0 Å². The predicted octanol–water partition coefficient (Wildman–Crippen LogP) is 6.91. The van der Waals surface area contributed by atoms with E-state index in [1.807, 2.05) is 58.5 Å². The molecule has 0 spiro atoms. The summed E-state index contributed by atoms with van der Waals surface area (Å²) in [6, 6.07) is 8.13. The van der Waals surface area contributed by atoms with Crippen LogP contribution < -0.4 is 0 Å². The van der Waals surface area contributed by atoms with Gasteiger partial charge in [0.1, 0.15) is 0 Å². The van der Waals surface area contributed by atoms with Gasteiger partial charge in [-0.15, -0.1) is 50.6 Å². The monoisotopic (exact) mass is 546 g/mol. The predicted molar refractivity (Wildman–Crippen MR) is 174 cm³/mol. The summed E-state index contributed by atoms with van der Waals surface area (Å²) in [5.74, 6) is 7.00. The Morgan fingerprint density at radius 1 is 0.450 bits per heavy atom. The molecular formula is C34H26N4Si2. The lowest BCUT2D eigenvalue weighted by atomic mass is 9.91. The Morgan fingerprint density at radius 2 is 0.700 bits per heavy atom. The van der Waals surface area contributed by atoms with E-state index >= 15 is 0 Å². The Hall–Kier alpha value is -5.15. The van der Waals surface area contributed by atoms with Crippen LogP contribution in [0, 0.1) is 22.9 Å². The number of rotatable bonds is 6. The van der Waals surface area contributed by atoms with Gasteiger partial charge in [0.05, 0.1) is 22.1 Å². The molecule has 190 valence electrons. The first-order valence-corrected chi connectivity index (χ1v) is 17.0. The standard InChI is InChI=1S/C34H26N4Si2/c1-7-39(8-2,9-3)19-13-25-27-21-31-33(37-17-15-35-31)23-29(27)26(14-20-40(10-4,11-5)12-6)30-24-34-32(22-28(25)30)36-16-18-38-34/h7-12,15-18,21-24H,1-6H2. The maximum Gasteiger partial charge on any atom is 0.207 e. The summed E-state index contributed by atoms with van der Waals surface area (Å²) in [5, 5.41) is 3.68. The lowest BCUT2D eigenvalue weighted by Gasteiger charge is -2.15. The summed E-state index contributed by atoms with van der Waals surface area (Å²) < 4.78 is 0. The molecule has 0 aliphatic rings. The van der Waals surface area contributed by atoms with E-state index in [1.54, 1.807) is 24.8 Å². The van der Waals surface area contributed by atoms with Crippen LogP contribution in [0.1, 0.15) is 11.1 Å². The maximum absolute atomic E-state index is 4.57. The van der Waals surface area contributed by atoms with E-state index in [1.165, 1.54) is 0 Å². The second-order valence-electron chi connectivity index (χ2n) is 9.23. The number of benzene rings is 3. The van der Waals surface area contributed by atoms with Gasteiger partial charge in [0.15, 0.2) is 0 Å². The molecule has 3 aromatic carbocycles. The normalized spacial score (nSPS) is 11.2. The molecular weight excluding hydrogens is 521 g/mol. The fourth-order valence-electron chi connectivity index (χ4n) is 4.56. The van der Waals surface area contributed by atoms with Gasteiger partial charge in [0.2, 0.25) is 16.1 Å². The highest BCUT2D eigenvalue weighted by atomic mass is 28.3. The third-order valence-electron chi connectivity index (χ3n) is 7.13. The fraction of sp³-hybridized carbons (Fsp3) is 0. The Labute approximate surface area is 235 Å². The van der Waals surface area contributed by atoms with Crippen molar-refractivity contribution in [3.05, 3.63) is 134 Å². The van der Waals surface area contributed by atoms with E-state index in [2.05, 4.69) is 82.3 Å². The van der Waals surface area contributed by atoms with Gasteiger partial charge in [-0.2, -0.15) is 0 Å². The van der Waals surface area contributed by atoms with Crippen molar-refractivity contribution in [1.82, 2.24) is 19.9 Å². The molecule has 5 rings (SSSR count). The summed E-state index contributed by atoms with van der Waals surface area (Å²) >= 11 is 0. The lowest BCUT2D eigenvalue weighted by molar-refractivity contribution is 1.30. The van der Waals surface area contributed by atoms with Crippen LogP contribution >= 0.6 is 0 Å². The Balaban J connectivity index is 2.04. The van der Waals surface area contributed by atoms with Crippen LogP contribution in [0.5, 0.6) is 0 Å². The molecule has 6 heteroatoms. The van der Waals surface area contributed by atoms with Crippen LogP contribution in [-0.2, 0) is 0 Å². The first-order chi connectivity index (χ1) is 19.5. The van der Waals surface area contributed by atoms with E-state index in [0.29, 0.717) is 0 Å². The highest BCUT2D eigenvalue weighted by Crippen LogP contribution is 2.36. The largest absolute Gasteiger partial charge is 0.253 e. The smallest absolute Gasteiger partial charge is 0.207 e. The first kappa shape index (κ1) is 26.5. The van der Waals surface area contributed by atoms with Crippen molar-refractivity contribution in [3.8, 4) is 22.9 Å². The third kappa shape index (κ3) is 4.42. The molecule has 2 aromatic heterocycles. The third-order valence-corrected chi connectivity index (χ3v) is 12.3. The Bertz CT molecular complexity index is 1760. The van der Waals surface area contributed by atoms with E-state index in [0.717, 1.165) is 54.7 Å². The molecule has 0 bridgehead atoms. The number of hydrogen-bond acceptors (Lipinski definition) is 4. The van der Waals surface area contributed by atoms with Crippen LogP contribution in [0.25, 0.3) is 43.6 Å². The van der Waals surface area contributed by atoms with Gasteiger partial charge >= 0.3 is 0 Å². The molecule has 0 N–H and O–H groups in total. The van der Waals surface area contributed by atoms with Crippen LogP contribution in [0.2, 0.25) is 0 Å². The minimum atomic E-state index is -2.43. The zero-order valence-corrected chi connectivity index (χ0v) is 24.1. The second-order valence-corrected chi connectivity index (χ2v) is 15.9. The molecule has 0 aliphatic heterocycles. The average molecular weight is 547 g/mol. The minimum absolute atomic E-state index is 0.767. The van der Waals surface area contributed by atoms with Gasteiger partial charge in [-0.1, -0.05) is 46.0 Å². The maximum atomic E-state index is 4.57. The van der Waals surface area contributed by atoms with Crippen LogP contribution in [0.4, 0.5) is 0 Å². The van der Waals surface area contributed by atoms with E-state index < -0.39 is 16.1 Å². The molecule has 2 heterocycles. The van der Waals surface area contributed by atoms with Crippen molar-refractivity contribution in [1.29, 1.82) is 0 Å². The van der Waals surface area contributed by atoms with Crippen molar-refractivity contribution < 1.29 is 0 Å². The fourth-order valence-corrected chi connectivity index (χ4v) is 6.85. The zero-order chi connectivity index (χ0) is 28.3. The molecule has 0 fully saturated rings. The van der Waals surface area contributed by atoms with Crippen molar-refractivity contribution in [2.45, 2.75) is 0 Å². The number of aromatic nitrogens is 4. The SMILES string of the molecule is C=C[Si](C#Cc1c2cc3nccnc3cc2c(C#C[Si](C=C)(C=C)C=C)c2cc3nccnc3cc12)(C=C)C=C. The molecule has 0 amide bonds. The minimum Gasteiger partial charge on any atom is -0.253 e. The summed E-state index contributed by atoms with van der Waals surface area (Å²) in [6.45, 7) is 24.1. The van der Waals surface area contributed by atoms with Gasteiger partial charge < -0.3 is 0 Å². The molecule has 0 saturated carbocycles. The Kier molecular flexibility index (Phi) is 6.98. The summed E-state index contributed by atoms with van der Waals surface area (Å²) in [6.07, 6.45) is 6.75. The summed E-state index contributed by atoms with van der Waals surface area (Å²) in [5.41, 5.74) is 22.9. The lowest BCUT2D eigenvalue weighted by Crippen LogP contribution is -2.24. The van der Waals surface area contributed by atoms with Gasteiger partial charge in [0.25, 0.3) is 0 Å². The topological polar surface area (TPSA) is 51.6 Å². The van der Waals surface area contributed by atoms with Crippen LogP contribution in [-0.4, -0.2) is 36.1 Å². The van der Waals surface area contributed by atoms with Crippen molar-refractivity contribution >= 4 is 59.8 Å². The van der Waals surface area contributed by atoms with Gasteiger partial charge in [-0.05, 0) is 24.3 Å². The summed E-state index contributed by atoms with van der Waals surface area (Å²) in [7, 11) is -4.86. The molecule has 40 heavy (non-hydrogen) atoms. The quantitative estimate of drug-likeness (QED) is 0.132. The number of fused-ring (bicyclic) bond motifs is 4. The van der Waals surface area contributed by atoms with Gasteiger partial charge in [-0.25, -0.2) is 0 Å². The van der Waals surface area contributed by atoms with E-state index in [4.69, 9.17) is 0 Å². The number of nitrogens with zero attached hydrogens (tertiary/aromatic N) is 4. The molecule has 4 nitrogen and oxygen atoms in total. The van der Waals surface area contributed by atoms with Crippen LogP contribution in [0.3, 0.4) is 0 Å². The Morgan fingerprint density at radius 3 is 0.925 bits per heavy atom. The molecule has 0 saturated heterocycles. The number of hydrogen-bond donors (Lipinski definition) is 0. The zero-order valence-electron chi connectivity index (χ0n) is 22.1. The van der Waals surface area contributed by atoms with Gasteiger partial charge in [-0.3, -0.25) is 19.9 Å². The molecule has 0 radical (unpaired) electrons. The van der Waals surface area contributed by atoms with Crippen molar-refractivity contribution in [2.75, 3.05) is 0 Å². The van der Waals surface area contributed by atoms with E-state index in [9.17, 15) is 0 Å². The second kappa shape index (κ2) is 10.5. The molecule has 5 aromatic rings. The molecule has 0 unspecified atom stereocenters. The highest BCUT2D eigenvalue weighted by molar-refractivity contribution is 7.00. The van der Waals surface area contributed by atoms with Gasteiger partial charge in [0, 0.05) is 57.5 Å². The van der Waals surface area contributed by atoms with Crippen molar-refractivity contribution in [3.63, 3.8) is 0 Å². The molecule has 0 aliphatic carbocycles. The molecule has 0 atom stereocenters. The average Bonchev–Trinajstić information content (AvgIpc) is 3.01. The van der Waals surface area contributed by atoms with Crippen LogP contribution in [0.15, 0.2) is 123 Å². The van der Waals surface area contributed by atoms with Crippen molar-refractivity contribution in [2.24, 2.45) is 0 Å².